The molecule has 1 N–H and O–H groups in total. The molecule has 0 aliphatic heterocycles. The maximum atomic E-state index is 10.9. The largest absolute Gasteiger partial charge is 0.481 e. The number of carboxylic acids is 1. The SMILES string of the molecule is CC(C(=O)O)c1cccc(-c2ccn(Cl)n2)c1. The molecule has 0 saturated carbocycles. The van der Waals surface area contributed by atoms with E-state index in [4.69, 9.17) is 16.9 Å². The Hall–Kier alpha value is -1.81. The van der Waals surface area contributed by atoms with Gasteiger partial charge in [-0.05, 0) is 24.6 Å². The third-order valence-corrected chi connectivity index (χ3v) is 2.80. The van der Waals surface area contributed by atoms with Crippen molar-refractivity contribution >= 4 is 17.7 Å². The van der Waals surface area contributed by atoms with Gasteiger partial charge >= 0.3 is 5.97 Å². The summed E-state index contributed by atoms with van der Waals surface area (Å²) in [5, 5.41) is 13.0. The highest BCUT2D eigenvalue weighted by Gasteiger charge is 2.14. The summed E-state index contributed by atoms with van der Waals surface area (Å²) in [7, 11) is 0. The van der Waals surface area contributed by atoms with Gasteiger partial charge in [-0.25, -0.2) is 0 Å². The molecule has 0 amide bonds. The molecule has 0 spiro atoms. The molecule has 1 heterocycles. The zero-order valence-electron chi connectivity index (χ0n) is 9.17. The molecule has 2 aromatic rings. The highest BCUT2D eigenvalue weighted by molar-refractivity contribution is 6.14. The van der Waals surface area contributed by atoms with Crippen molar-refractivity contribution < 1.29 is 9.90 Å². The van der Waals surface area contributed by atoms with E-state index in [1.807, 2.05) is 18.2 Å². The van der Waals surface area contributed by atoms with Crippen molar-refractivity contribution in [2.75, 3.05) is 0 Å². The maximum absolute atomic E-state index is 10.9. The van der Waals surface area contributed by atoms with Crippen LogP contribution in [0.25, 0.3) is 11.3 Å². The molecule has 1 unspecified atom stereocenters. The van der Waals surface area contributed by atoms with Gasteiger partial charge in [-0.2, -0.15) is 9.30 Å². The Bertz CT molecular complexity index is 551. The summed E-state index contributed by atoms with van der Waals surface area (Å²) in [5.74, 6) is -1.38. The second-order valence-corrected chi connectivity index (χ2v) is 4.12. The summed E-state index contributed by atoms with van der Waals surface area (Å²) in [6.07, 6.45) is 1.63. The van der Waals surface area contributed by atoms with Gasteiger partial charge < -0.3 is 5.11 Å². The quantitative estimate of drug-likeness (QED) is 0.911. The van der Waals surface area contributed by atoms with E-state index in [1.54, 1.807) is 25.3 Å². The smallest absolute Gasteiger partial charge is 0.310 e. The third-order valence-electron chi connectivity index (χ3n) is 2.61. The van der Waals surface area contributed by atoms with E-state index in [-0.39, 0.29) is 0 Å². The summed E-state index contributed by atoms with van der Waals surface area (Å²) >= 11 is 5.67. The van der Waals surface area contributed by atoms with Crippen molar-refractivity contribution in [1.29, 1.82) is 0 Å². The number of carbonyl (C=O) groups is 1. The average molecular weight is 251 g/mol. The summed E-state index contributed by atoms with van der Waals surface area (Å²) in [4.78, 5) is 10.9. The van der Waals surface area contributed by atoms with Crippen LogP contribution in [0.3, 0.4) is 0 Å². The minimum Gasteiger partial charge on any atom is -0.481 e. The predicted octanol–water partition coefficient (Wildman–Crippen LogP) is 2.74. The number of hydrogen-bond acceptors (Lipinski definition) is 2. The normalized spacial score (nSPS) is 12.4. The first kappa shape index (κ1) is 11.7. The van der Waals surface area contributed by atoms with Gasteiger partial charge in [0.25, 0.3) is 0 Å². The van der Waals surface area contributed by atoms with E-state index in [0.717, 1.165) is 16.8 Å². The van der Waals surface area contributed by atoms with E-state index in [2.05, 4.69) is 5.10 Å². The predicted molar refractivity (Wildman–Crippen MR) is 65.0 cm³/mol. The number of aromatic nitrogens is 2. The van der Waals surface area contributed by atoms with Crippen LogP contribution in [0.5, 0.6) is 0 Å². The van der Waals surface area contributed by atoms with Crippen molar-refractivity contribution in [3.63, 3.8) is 0 Å². The number of halogens is 1. The monoisotopic (exact) mass is 250 g/mol. The Morgan fingerprint density at radius 2 is 2.24 bits per heavy atom. The molecule has 88 valence electrons. The molecule has 2 rings (SSSR count). The van der Waals surface area contributed by atoms with Gasteiger partial charge in [-0.15, -0.1) is 0 Å². The van der Waals surface area contributed by atoms with Crippen LogP contribution >= 0.6 is 11.8 Å². The Balaban J connectivity index is 2.38. The van der Waals surface area contributed by atoms with Gasteiger partial charge in [-0.3, -0.25) is 4.79 Å². The highest BCUT2D eigenvalue weighted by Crippen LogP contribution is 2.23. The van der Waals surface area contributed by atoms with Crippen molar-refractivity contribution in [2.24, 2.45) is 0 Å². The standard InChI is InChI=1S/C12H11ClN2O2/c1-8(12(16)17)9-3-2-4-10(7-9)11-5-6-15(13)14-11/h2-8H,1H3,(H,16,17). The molecule has 0 saturated heterocycles. The molecule has 0 aliphatic carbocycles. The van der Waals surface area contributed by atoms with Crippen LogP contribution in [-0.4, -0.2) is 20.4 Å². The molecular weight excluding hydrogens is 240 g/mol. The van der Waals surface area contributed by atoms with Crippen molar-refractivity contribution in [2.45, 2.75) is 12.8 Å². The Morgan fingerprint density at radius 3 is 2.82 bits per heavy atom. The zero-order chi connectivity index (χ0) is 12.4. The van der Waals surface area contributed by atoms with Gasteiger partial charge in [-0.1, -0.05) is 18.2 Å². The molecule has 5 heteroatoms. The number of hydrogen-bond donors (Lipinski definition) is 1. The first-order valence-corrected chi connectivity index (χ1v) is 5.46. The molecule has 1 atom stereocenters. The van der Waals surface area contributed by atoms with Crippen LogP contribution in [-0.2, 0) is 4.79 Å². The summed E-state index contributed by atoms with van der Waals surface area (Å²) in [5.41, 5.74) is 2.33. The van der Waals surface area contributed by atoms with Crippen LogP contribution < -0.4 is 0 Å². The Morgan fingerprint density at radius 1 is 1.47 bits per heavy atom. The second kappa shape index (κ2) is 4.59. The van der Waals surface area contributed by atoms with Crippen LogP contribution in [0.2, 0.25) is 0 Å². The highest BCUT2D eigenvalue weighted by atomic mass is 35.5. The molecule has 1 aromatic heterocycles. The first-order valence-electron chi connectivity index (χ1n) is 5.13. The van der Waals surface area contributed by atoms with Crippen LogP contribution in [0.15, 0.2) is 36.5 Å². The minimum atomic E-state index is -0.843. The number of benzene rings is 1. The van der Waals surface area contributed by atoms with Crippen LogP contribution in [0, 0.1) is 0 Å². The zero-order valence-corrected chi connectivity index (χ0v) is 9.93. The lowest BCUT2D eigenvalue weighted by Gasteiger charge is -2.07. The van der Waals surface area contributed by atoms with Crippen LogP contribution in [0.1, 0.15) is 18.4 Å². The third kappa shape index (κ3) is 2.47. The number of rotatable bonds is 3. The van der Waals surface area contributed by atoms with E-state index in [9.17, 15) is 4.79 Å². The second-order valence-electron chi connectivity index (χ2n) is 3.78. The van der Waals surface area contributed by atoms with Gasteiger partial charge in [0.15, 0.2) is 0 Å². The lowest BCUT2D eigenvalue weighted by molar-refractivity contribution is -0.138. The molecule has 17 heavy (non-hydrogen) atoms. The van der Waals surface area contributed by atoms with Crippen LogP contribution in [0.4, 0.5) is 0 Å². The molecule has 0 bridgehead atoms. The molecule has 0 radical (unpaired) electrons. The van der Waals surface area contributed by atoms with Gasteiger partial charge in [0, 0.05) is 23.5 Å². The van der Waals surface area contributed by atoms with E-state index in [0.29, 0.717) is 0 Å². The summed E-state index contributed by atoms with van der Waals surface area (Å²) in [6.45, 7) is 1.65. The van der Waals surface area contributed by atoms with Crippen molar-refractivity contribution in [1.82, 2.24) is 9.30 Å². The molecule has 0 aliphatic rings. The van der Waals surface area contributed by atoms with Gasteiger partial charge in [0.1, 0.15) is 0 Å². The average Bonchev–Trinajstić information content (AvgIpc) is 2.75. The summed E-state index contributed by atoms with van der Waals surface area (Å²) < 4.78 is 1.20. The topological polar surface area (TPSA) is 55.1 Å². The van der Waals surface area contributed by atoms with Crippen molar-refractivity contribution in [3.8, 4) is 11.3 Å². The molecule has 0 fully saturated rings. The fraction of sp³-hybridized carbons (Fsp3) is 0.167. The van der Waals surface area contributed by atoms with E-state index >= 15 is 0 Å². The maximum Gasteiger partial charge on any atom is 0.310 e. The molecule has 1 aromatic carbocycles. The Kier molecular flexibility index (Phi) is 3.15. The van der Waals surface area contributed by atoms with E-state index in [1.165, 1.54) is 4.20 Å². The molecule has 4 nitrogen and oxygen atoms in total. The molecular formula is C12H11ClN2O2. The fourth-order valence-corrected chi connectivity index (χ4v) is 1.70. The van der Waals surface area contributed by atoms with Gasteiger partial charge in [0.05, 0.1) is 11.6 Å². The number of nitrogens with zero attached hydrogens (tertiary/aromatic N) is 2. The number of carboxylic acid groups (broad SMARTS) is 1. The number of aliphatic carboxylic acids is 1. The fourth-order valence-electron chi connectivity index (χ4n) is 1.57. The minimum absolute atomic E-state index is 0.534. The van der Waals surface area contributed by atoms with Crippen molar-refractivity contribution in [3.05, 3.63) is 42.1 Å². The first-order chi connectivity index (χ1) is 8.08. The summed E-state index contributed by atoms with van der Waals surface area (Å²) in [6, 6.07) is 9.07. The van der Waals surface area contributed by atoms with E-state index < -0.39 is 11.9 Å². The van der Waals surface area contributed by atoms with Gasteiger partial charge in [0.2, 0.25) is 0 Å². The lowest BCUT2D eigenvalue weighted by Crippen LogP contribution is -2.07. The Labute approximate surface area is 104 Å². The lowest BCUT2D eigenvalue weighted by atomic mass is 9.98.